The first-order chi connectivity index (χ1) is 13.3. The molecule has 0 fully saturated rings. The minimum Gasteiger partial charge on any atom is -0.494 e. The molecule has 4 aromatic rings. The van der Waals surface area contributed by atoms with Crippen molar-refractivity contribution >= 4 is 11.0 Å². The van der Waals surface area contributed by atoms with Gasteiger partial charge in [0.1, 0.15) is 11.1 Å². The lowest BCUT2D eigenvalue weighted by Crippen LogP contribution is -2.24. The molecule has 0 saturated carbocycles. The fraction of sp³-hybridized carbons (Fsp3) is 0.200. The van der Waals surface area contributed by atoms with Gasteiger partial charge in [-0.25, -0.2) is 9.36 Å². The maximum atomic E-state index is 12.8. The van der Waals surface area contributed by atoms with Crippen LogP contribution in [0, 0.1) is 0 Å². The number of rotatable bonds is 6. The van der Waals surface area contributed by atoms with Crippen LogP contribution < -0.4 is 10.3 Å². The lowest BCUT2D eigenvalue weighted by molar-refractivity contribution is 0.317. The maximum Gasteiger partial charge on any atom is 0.281 e. The van der Waals surface area contributed by atoms with Gasteiger partial charge in [-0.2, -0.15) is 5.10 Å². The van der Waals surface area contributed by atoms with Crippen LogP contribution in [0.3, 0.4) is 0 Å². The number of para-hydroxylation sites is 1. The summed E-state index contributed by atoms with van der Waals surface area (Å²) < 4.78 is 8.61. The SMILES string of the molecule is CCCOc1cccc(Cn2nnc3c(cnn3-c3ccccc3)c2=O)c1. The monoisotopic (exact) mass is 361 g/mol. The summed E-state index contributed by atoms with van der Waals surface area (Å²) in [5.74, 6) is 0.785. The van der Waals surface area contributed by atoms with Crippen LogP contribution in [0.1, 0.15) is 18.9 Å². The van der Waals surface area contributed by atoms with Gasteiger partial charge in [0.05, 0.1) is 25.0 Å². The van der Waals surface area contributed by atoms with E-state index in [-0.39, 0.29) is 5.56 Å². The van der Waals surface area contributed by atoms with Gasteiger partial charge in [0.2, 0.25) is 0 Å². The number of ether oxygens (including phenoxy) is 1. The predicted octanol–water partition coefficient (Wildman–Crippen LogP) is 2.81. The van der Waals surface area contributed by atoms with E-state index in [1.807, 2.05) is 54.6 Å². The first kappa shape index (κ1) is 17.0. The Morgan fingerprint density at radius 1 is 1.07 bits per heavy atom. The third-order valence-electron chi connectivity index (χ3n) is 4.16. The summed E-state index contributed by atoms with van der Waals surface area (Å²) in [5.41, 5.74) is 1.99. The first-order valence-corrected chi connectivity index (χ1v) is 8.85. The van der Waals surface area contributed by atoms with Crippen LogP contribution in [0.15, 0.2) is 65.6 Å². The van der Waals surface area contributed by atoms with Gasteiger partial charge in [0.25, 0.3) is 5.56 Å². The van der Waals surface area contributed by atoms with E-state index in [2.05, 4.69) is 22.3 Å². The molecule has 136 valence electrons. The molecule has 0 aliphatic carbocycles. The highest BCUT2D eigenvalue weighted by molar-refractivity contribution is 5.74. The van der Waals surface area contributed by atoms with Gasteiger partial charge < -0.3 is 4.74 Å². The smallest absolute Gasteiger partial charge is 0.281 e. The highest BCUT2D eigenvalue weighted by atomic mass is 16.5. The van der Waals surface area contributed by atoms with Gasteiger partial charge in [-0.3, -0.25) is 4.79 Å². The molecule has 0 atom stereocenters. The third kappa shape index (κ3) is 3.44. The summed E-state index contributed by atoms with van der Waals surface area (Å²) in [7, 11) is 0. The second-order valence-corrected chi connectivity index (χ2v) is 6.18. The van der Waals surface area contributed by atoms with E-state index in [4.69, 9.17) is 4.74 Å². The Morgan fingerprint density at radius 2 is 1.93 bits per heavy atom. The van der Waals surface area contributed by atoms with Crippen molar-refractivity contribution in [2.75, 3.05) is 6.61 Å². The van der Waals surface area contributed by atoms with Crippen molar-refractivity contribution in [3.8, 4) is 11.4 Å². The number of aromatic nitrogens is 5. The Kier molecular flexibility index (Phi) is 4.65. The molecular formula is C20H19N5O2. The molecule has 7 nitrogen and oxygen atoms in total. The van der Waals surface area contributed by atoms with E-state index in [1.165, 1.54) is 10.9 Å². The Morgan fingerprint density at radius 3 is 2.74 bits per heavy atom. The molecule has 2 aromatic carbocycles. The van der Waals surface area contributed by atoms with Crippen molar-refractivity contribution in [3.05, 3.63) is 76.7 Å². The predicted molar refractivity (Wildman–Crippen MR) is 102 cm³/mol. The normalized spacial score (nSPS) is 11.0. The van der Waals surface area contributed by atoms with Gasteiger partial charge in [0.15, 0.2) is 5.65 Å². The summed E-state index contributed by atoms with van der Waals surface area (Å²) in [6.45, 7) is 3.04. The van der Waals surface area contributed by atoms with Gasteiger partial charge in [0, 0.05) is 0 Å². The van der Waals surface area contributed by atoms with Gasteiger partial charge in [-0.15, -0.1) is 5.10 Å². The molecule has 0 aliphatic rings. The average Bonchev–Trinajstić information content (AvgIpc) is 3.14. The van der Waals surface area contributed by atoms with Gasteiger partial charge in [-0.1, -0.05) is 42.5 Å². The molecular weight excluding hydrogens is 342 g/mol. The minimum atomic E-state index is -0.220. The lowest BCUT2D eigenvalue weighted by atomic mass is 10.2. The zero-order chi connectivity index (χ0) is 18.6. The summed E-state index contributed by atoms with van der Waals surface area (Å²) in [4.78, 5) is 12.8. The molecule has 0 amide bonds. The van der Waals surface area contributed by atoms with Crippen LogP contribution in [0.25, 0.3) is 16.7 Å². The third-order valence-corrected chi connectivity index (χ3v) is 4.16. The fourth-order valence-corrected chi connectivity index (χ4v) is 2.85. The minimum absolute atomic E-state index is 0.220. The Labute approximate surface area is 155 Å². The summed E-state index contributed by atoms with van der Waals surface area (Å²) in [5, 5.41) is 13.1. The van der Waals surface area contributed by atoms with Crippen molar-refractivity contribution in [1.29, 1.82) is 0 Å². The Hall–Kier alpha value is -3.48. The quantitative estimate of drug-likeness (QED) is 0.528. The molecule has 2 aromatic heterocycles. The van der Waals surface area contributed by atoms with Crippen LogP contribution in [0.4, 0.5) is 0 Å². The molecule has 0 saturated heterocycles. The van der Waals surface area contributed by atoms with Crippen LogP contribution in [-0.4, -0.2) is 31.4 Å². The first-order valence-electron chi connectivity index (χ1n) is 8.85. The van der Waals surface area contributed by atoms with Crippen molar-refractivity contribution in [2.24, 2.45) is 0 Å². The average molecular weight is 361 g/mol. The fourth-order valence-electron chi connectivity index (χ4n) is 2.85. The second kappa shape index (κ2) is 7.41. The number of hydrogen-bond acceptors (Lipinski definition) is 5. The summed E-state index contributed by atoms with van der Waals surface area (Å²) in [6, 6.07) is 17.2. The van der Waals surface area contributed by atoms with Crippen LogP contribution >= 0.6 is 0 Å². The Bertz CT molecular complexity index is 1120. The molecule has 27 heavy (non-hydrogen) atoms. The topological polar surface area (TPSA) is 74.8 Å². The molecule has 0 unspecified atom stereocenters. The summed E-state index contributed by atoms with van der Waals surface area (Å²) >= 11 is 0. The maximum absolute atomic E-state index is 12.8. The second-order valence-electron chi connectivity index (χ2n) is 6.18. The summed E-state index contributed by atoms with van der Waals surface area (Å²) in [6.07, 6.45) is 2.48. The number of nitrogens with zero attached hydrogens (tertiary/aromatic N) is 5. The largest absolute Gasteiger partial charge is 0.494 e. The van der Waals surface area contributed by atoms with Crippen LogP contribution in [0.2, 0.25) is 0 Å². The van der Waals surface area contributed by atoms with Crippen molar-refractivity contribution in [3.63, 3.8) is 0 Å². The highest BCUT2D eigenvalue weighted by Crippen LogP contribution is 2.15. The zero-order valence-electron chi connectivity index (χ0n) is 14.9. The van der Waals surface area contributed by atoms with E-state index >= 15 is 0 Å². The molecule has 2 heterocycles. The van der Waals surface area contributed by atoms with Crippen molar-refractivity contribution in [2.45, 2.75) is 19.9 Å². The molecule has 0 N–H and O–H groups in total. The Balaban J connectivity index is 1.66. The molecule has 4 rings (SSSR count). The van der Waals surface area contributed by atoms with Crippen LogP contribution in [0.5, 0.6) is 5.75 Å². The number of fused-ring (bicyclic) bond motifs is 1. The molecule has 0 spiro atoms. The standard InChI is InChI=1S/C20H19N5O2/c1-2-11-27-17-10-6-7-15(12-17)14-24-20(26)18-13-21-25(19(18)22-23-24)16-8-4-3-5-9-16/h3-10,12-13H,2,11,14H2,1H3. The van der Waals surface area contributed by atoms with Gasteiger partial charge in [-0.05, 0) is 36.2 Å². The number of hydrogen-bond donors (Lipinski definition) is 0. The van der Waals surface area contributed by atoms with Crippen molar-refractivity contribution in [1.82, 2.24) is 24.8 Å². The zero-order valence-corrected chi connectivity index (χ0v) is 14.9. The van der Waals surface area contributed by atoms with Crippen molar-refractivity contribution < 1.29 is 4.74 Å². The van der Waals surface area contributed by atoms with E-state index in [0.29, 0.717) is 24.2 Å². The van der Waals surface area contributed by atoms with Crippen LogP contribution in [-0.2, 0) is 6.54 Å². The van der Waals surface area contributed by atoms with E-state index in [1.54, 1.807) is 4.68 Å². The lowest BCUT2D eigenvalue weighted by Gasteiger charge is -2.08. The molecule has 7 heteroatoms. The molecule has 0 bridgehead atoms. The van der Waals surface area contributed by atoms with E-state index < -0.39 is 0 Å². The van der Waals surface area contributed by atoms with Gasteiger partial charge >= 0.3 is 0 Å². The van der Waals surface area contributed by atoms with E-state index in [0.717, 1.165) is 23.4 Å². The van der Waals surface area contributed by atoms with E-state index in [9.17, 15) is 4.79 Å². The molecule has 0 aliphatic heterocycles. The molecule has 0 radical (unpaired) electrons. The number of benzene rings is 2. The highest BCUT2D eigenvalue weighted by Gasteiger charge is 2.13.